The van der Waals surface area contributed by atoms with E-state index in [-0.39, 0.29) is 10.6 Å². The molecule has 2 heterocycles. The van der Waals surface area contributed by atoms with Crippen molar-refractivity contribution in [3.05, 3.63) is 87.8 Å². The third kappa shape index (κ3) is 4.75. The summed E-state index contributed by atoms with van der Waals surface area (Å²) in [6.07, 6.45) is 1.68. The van der Waals surface area contributed by atoms with E-state index >= 15 is 0 Å². The molecule has 0 bridgehead atoms. The number of carbonyl (C=O) groups is 3. The third-order valence-electron chi connectivity index (χ3n) is 5.33. The molecule has 1 saturated heterocycles. The van der Waals surface area contributed by atoms with Gasteiger partial charge in [-0.3, -0.25) is 19.3 Å². The predicted molar refractivity (Wildman–Crippen MR) is 128 cm³/mol. The number of thioether (sulfide) groups is 1. The SMILES string of the molecule is Cc1ccc(-n2c(C)cc(/C=C3\SC(=O)N(CC(=O)Nc4cccc(F)c4)C3=O)c2C)cc1. The fraction of sp³-hybridized carbons (Fsp3) is 0.160. The van der Waals surface area contributed by atoms with Gasteiger partial charge in [-0.2, -0.15) is 0 Å². The highest BCUT2D eigenvalue weighted by Gasteiger charge is 2.36. The van der Waals surface area contributed by atoms with Gasteiger partial charge in [0.2, 0.25) is 5.91 Å². The number of aryl methyl sites for hydroxylation is 2. The van der Waals surface area contributed by atoms with Crippen LogP contribution in [-0.2, 0) is 9.59 Å². The van der Waals surface area contributed by atoms with Crippen LogP contribution < -0.4 is 5.32 Å². The van der Waals surface area contributed by atoms with Gasteiger partial charge >= 0.3 is 0 Å². The summed E-state index contributed by atoms with van der Waals surface area (Å²) in [6, 6.07) is 15.5. The molecule has 3 aromatic rings. The van der Waals surface area contributed by atoms with Crippen molar-refractivity contribution in [2.45, 2.75) is 20.8 Å². The molecular formula is C25H22FN3O3S. The number of imide groups is 1. The summed E-state index contributed by atoms with van der Waals surface area (Å²) in [5, 5.41) is 1.98. The fourth-order valence-electron chi connectivity index (χ4n) is 3.71. The minimum atomic E-state index is -0.582. The summed E-state index contributed by atoms with van der Waals surface area (Å²) < 4.78 is 15.4. The molecule has 0 unspecified atom stereocenters. The molecule has 8 heteroatoms. The number of aromatic nitrogens is 1. The molecule has 1 fully saturated rings. The Morgan fingerprint density at radius 1 is 1.06 bits per heavy atom. The van der Waals surface area contributed by atoms with E-state index in [0.717, 1.165) is 50.9 Å². The molecule has 0 spiro atoms. The maximum absolute atomic E-state index is 13.3. The first-order valence-electron chi connectivity index (χ1n) is 10.3. The summed E-state index contributed by atoms with van der Waals surface area (Å²) in [5.41, 5.74) is 5.19. The second-order valence-corrected chi connectivity index (χ2v) is 8.82. The molecule has 0 aliphatic carbocycles. The molecule has 1 aliphatic heterocycles. The van der Waals surface area contributed by atoms with Crippen LogP contribution in [0.5, 0.6) is 0 Å². The van der Waals surface area contributed by atoms with Crippen LogP contribution in [0, 0.1) is 26.6 Å². The average Bonchev–Trinajstić information content (AvgIpc) is 3.18. The van der Waals surface area contributed by atoms with Crippen molar-refractivity contribution in [1.82, 2.24) is 9.47 Å². The van der Waals surface area contributed by atoms with Gasteiger partial charge in [0.1, 0.15) is 12.4 Å². The van der Waals surface area contributed by atoms with Gasteiger partial charge in [-0.25, -0.2) is 4.39 Å². The van der Waals surface area contributed by atoms with Crippen molar-refractivity contribution in [1.29, 1.82) is 0 Å². The Morgan fingerprint density at radius 3 is 2.48 bits per heavy atom. The minimum Gasteiger partial charge on any atom is -0.324 e. The lowest BCUT2D eigenvalue weighted by Gasteiger charge is -2.12. The number of benzene rings is 2. The third-order valence-corrected chi connectivity index (χ3v) is 6.24. The highest BCUT2D eigenvalue weighted by atomic mass is 32.2. The molecule has 4 rings (SSSR count). The quantitative estimate of drug-likeness (QED) is 0.527. The van der Waals surface area contributed by atoms with Gasteiger partial charge in [-0.05, 0) is 80.6 Å². The number of nitrogens with one attached hydrogen (secondary N) is 1. The zero-order valence-electron chi connectivity index (χ0n) is 18.4. The zero-order chi connectivity index (χ0) is 23.7. The number of anilines is 1. The van der Waals surface area contributed by atoms with Crippen LogP contribution in [0.25, 0.3) is 11.8 Å². The van der Waals surface area contributed by atoms with Crippen molar-refractivity contribution in [2.24, 2.45) is 0 Å². The number of rotatable bonds is 5. The summed E-state index contributed by atoms with van der Waals surface area (Å²) in [6.45, 7) is 5.52. The van der Waals surface area contributed by atoms with Gasteiger partial charge in [-0.15, -0.1) is 0 Å². The van der Waals surface area contributed by atoms with Gasteiger partial charge < -0.3 is 9.88 Å². The van der Waals surface area contributed by atoms with Crippen LogP contribution in [0.15, 0.2) is 59.5 Å². The molecule has 2 aromatic carbocycles. The van der Waals surface area contributed by atoms with Crippen molar-refractivity contribution in [2.75, 3.05) is 11.9 Å². The normalized spacial score (nSPS) is 14.9. The number of nitrogens with zero attached hydrogens (tertiary/aromatic N) is 2. The highest BCUT2D eigenvalue weighted by molar-refractivity contribution is 8.18. The molecule has 0 radical (unpaired) electrons. The van der Waals surface area contributed by atoms with Crippen LogP contribution in [-0.4, -0.2) is 33.1 Å². The number of carbonyl (C=O) groups excluding carboxylic acids is 3. The molecule has 0 atom stereocenters. The molecule has 1 aromatic heterocycles. The summed E-state index contributed by atoms with van der Waals surface area (Å²) >= 11 is 0.798. The van der Waals surface area contributed by atoms with E-state index in [1.807, 2.05) is 51.1 Å². The Balaban J connectivity index is 1.53. The number of hydrogen-bond acceptors (Lipinski definition) is 4. The average molecular weight is 464 g/mol. The van der Waals surface area contributed by atoms with Gasteiger partial charge in [0.25, 0.3) is 11.1 Å². The number of hydrogen-bond donors (Lipinski definition) is 1. The van der Waals surface area contributed by atoms with Crippen LogP contribution in [0.4, 0.5) is 14.9 Å². The van der Waals surface area contributed by atoms with Crippen LogP contribution in [0.3, 0.4) is 0 Å². The topological polar surface area (TPSA) is 71.4 Å². The van der Waals surface area contributed by atoms with Crippen LogP contribution >= 0.6 is 11.8 Å². The van der Waals surface area contributed by atoms with Crippen LogP contribution in [0.2, 0.25) is 0 Å². The summed E-state index contributed by atoms with van der Waals surface area (Å²) in [5.74, 6) is -1.61. The smallest absolute Gasteiger partial charge is 0.294 e. The maximum Gasteiger partial charge on any atom is 0.294 e. The Labute approximate surface area is 195 Å². The fourth-order valence-corrected chi connectivity index (χ4v) is 4.54. The van der Waals surface area contributed by atoms with E-state index in [9.17, 15) is 18.8 Å². The van der Waals surface area contributed by atoms with Crippen LogP contribution in [0.1, 0.15) is 22.5 Å². The number of halogens is 1. The second kappa shape index (κ2) is 9.07. The maximum atomic E-state index is 13.3. The molecular weight excluding hydrogens is 441 g/mol. The standard InChI is InChI=1S/C25H22FN3O3S/c1-15-7-9-21(10-8-15)29-16(2)11-18(17(29)3)12-22-24(31)28(25(32)33-22)14-23(30)27-20-6-4-5-19(26)13-20/h4-13H,14H2,1-3H3,(H,27,30)/b22-12-. The van der Waals surface area contributed by atoms with E-state index in [4.69, 9.17) is 0 Å². The van der Waals surface area contributed by atoms with Crippen molar-refractivity contribution >= 4 is 40.6 Å². The van der Waals surface area contributed by atoms with E-state index < -0.39 is 29.4 Å². The molecule has 168 valence electrons. The molecule has 0 saturated carbocycles. The Hall–Kier alpha value is -3.65. The highest BCUT2D eigenvalue weighted by Crippen LogP contribution is 2.33. The monoisotopic (exact) mass is 463 g/mol. The van der Waals surface area contributed by atoms with Crippen molar-refractivity contribution in [3.63, 3.8) is 0 Å². The largest absolute Gasteiger partial charge is 0.324 e. The second-order valence-electron chi connectivity index (χ2n) is 7.82. The molecule has 3 amide bonds. The first-order valence-corrected chi connectivity index (χ1v) is 11.1. The summed E-state index contributed by atoms with van der Waals surface area (Å²) in [4.78, 5) is 38.7. The van der Waals surface area contributed by atoms with Gasteiger partial charge in [-0.1, -0.05) is 23.8 Å². The molecule has 33 heavy (non-hydrogen) atoms. The summed E-state index contributed by atoms with van der Waals surface area (Å²) in [7, 11) is 0. The minimum absolute atomic E-state index is 0.253. The molecule has 6 nitrogen and oxygen atoms in total. The molecule has 1 N–H and O–H groups in total. The first-order chi connectivity index (χ1) is 15.7. The predicted octanol–water partition coefficient (Wildman–Crippen LogP) is 5.22. The Morgan fingerprint density at radius 2 is 1.79 bits per heavy atom. The van der Waals surface area contributed by atoms with Crippen molar-refractivity contribution < 1.29 is 18.8 Å². The van der Waals surface area contributed by atoms with Crippen molar-refractivity contribution in [3.8, 4) is 5.69 Å². The Kier molecular flexibility index (Phi) is 6.20. The van der Waals surface area contributed by atoms with E-state index in [2.05, 4.69) is 9.88 Å². The van der Waals surface area contributed by atoms with E-state index in [1.54, 1.807) is 6.08 Å². The lowest BCUT2D eigenvalue weighted by atomic mass is 10.2. The Bertz CT molecular complexity index is 1290. The lowest BCUT2D eigenvalue weighted by molar-refractivity contribution is -0.127. The van der Waals surface area contributed by atoms with Gasteiger partial charge in [0, 0.05) is 22.8 Å². The van der Waals surface area contributed by atoms with Gasteiger partial charge in [0.15, 0.2) is 0 Å². The van der Waals surface area contributed by atoms with Gasteiger partial charge in [0.05, 0.1) is 4.91 Å². The lowest BCUT2D eigenvalue weighted by Crippen LogP contribution is -2.36. The zero-order valence-corrected chi connectivity index (χ0v) is 19.2. The number of amides is 3. The molecule has 1 aliphatic rings. The van der Waals surface area contributed by atoms with E-state index in [0.29, 0.717) is 0 Å². The first kappa shape index (κ1) is 22.5. The van der Waals surface area contributed by atoms with E-state index in [1.165, 1.54) is 18.2 Å².